The van der Waals surface area contributed by atoms with Gasteiger partial charge in [-0.15, -0.1) is 22.7 Å². The average Bonchev–Trinajstić information content (AvgIpc) is 3.63. The molecule has 0 aliphatic rings. The van der Waals surface area contributed by atoms with E-state index in [1.807, 2.05) is 50.1 Å². The molecule has 0 aliphatic carbocycles. The van der Waals surface area contributed by atoms with E-state index in [1.165, 1.54) is 43.8 Å². The molecule has 236 valence electrons. The third kappa shape index (κ3) is 10.2. The lowest BCUT2D eigenvalue weighted by atomic mass is 8.53. The van der Waals surface area contributed by atoms with Crippen LogP contribution >= 0.6 is 22.7 Å². The number of Topliss-reactive ketones (excluding diaryl/α,β-unsaturated/α-hetero) is 1. The summed E-state index contributed by atoms with van der Waals surface area (Å²) in [4.78, 5) is 60.8. The van der Waals surface area contributed by atoms with E-state index in [9.17, 15) is 19.2 Å². The molecular formula is C26H28B12N4O6S2. The van der Waals surface area contributed by atoms with Crippen LogP contribution in [-0.4, -0.2) is 162 Å². The first kappa shape index (κ1) is 43.0. The lowest BCUT2D eigenvalue weighted by Crippen LogP contribution is -2.67. The maximum atomic E-state index is 11.9. The minimum absolute atomic E-state index is 0.164. The van der Waals surface area contributed by atoms with E-state index in [-0.39, 0.29) is 12.2 Å². The summed E-state index contributed by atoms with van der Waals surface area (Å²) in [5.41, 5.74) is 2.89. The van der Waals surface area contributed by atoms with Gasteiger partial charge in [-0.25, -0.2) is 19.6 Å². The van der Waals surface area contributed by atoms with E-state index in [0.717, 1.165) is 27.9 Å². The number of esters is 2. The van der Waals surface area contributed by atoms with Crippen LogP contribution in [0.15, 0.2) is 24.5 Å². The number of fused-ring (bicyclic) bond motifs is 2. The minimum Gasteiger partial charge on any atom is -0.465 e. The van der Waals surface area contributed by atoms with Crippen molar-refractivity contribution in [2.45, 2.75) is 13.3 Å². The Bertz CT molecular complexity index is 1800. The topological polar surface area (TPSA) is 119 Å². The molecule has 0 amide bonds. The van der Waals surface area contributed by atoms with Gasteiger partial charge >= 0.3 is 11.9 Å². The van der Waals surface area contributed by atoms with Crippen LogP contribution in [-0.2, 0) is 20.7 Å². The average molecular weight is 686 g/mol. The highest BCUT2D eigenvalue weighted by Gasteiger charge is 2.30. The van der Waals surface area contributed by atoms with E-state index < -0.39 is 43.9 Å². The van der Waals surface area contributed by atoms with Gasteiger partial charge in [0.05, 0.1) is 19.8 Å². The highest BCUT2D eigenvalue weighted by molar-refractivity contribution is 8.05. The summed E-state index contributed by atoms with van der Waals surface area (Å²) < 4.78 is 9.50. The Morgan fingerprint density at radius 2 is 1.20 bits per heavy atom. The molecule has 0 spiro atoms. The van der Waals surface area contributed by atoms with E-state index >= 15 is 0 Å². The quantitative estimate of drug-likeness (QED) is 0.0899. The number of methoxy groups -OCH3 is 2. The molecule has 0 unspecified atom stereocenters. The van der Waals surface area contributed by atoms with Gasteiger partial charge in [-0.05, 0) is 24.6 Å². The smallest absolute Gasteiger partial charge is 0.348 e. The Hall–Kier alpha value is -3.12. The number of hydrogen-bond acceptors (Lipinski definition) is 12. The lowest BCUT2D eigenvalue weighted by Gasteiger charge is -2.29. The van der Waals surface area contributed by atoms with Gasteiger partial charge in [-0.1, -0.05) is 0 Å². The maximum Gasteiger partial charge on any atom is 0.348 e. The number of anilines is 2. The Balaban J connectivity index is 0.000000269. The van der Waals surface area contributed by atoms with Crippen molar-refractivity contribution >= 4 is 165 Å². The van der Waals surface area contributed by atoms with Crippen molar-refractivity contribution in [3.63, 3.8) is 0 Å². The fraction of sp³-hybridized carbons (Fsp3) is 0.308. The van der Waals surface area contributed by atoms with Crippen LogP contribution in [0.5, 0.6) is 0 Å². The summed E-state index contributed by atoms with van der Waals surface area (Å²) in [7, 11) is 48.1. The summed E-state index contributed by atoms with van der Waals surface area (Å²) in [5, 5.41) is 1.57. The second kappa shape index (κ2) is 19.5. The number of hydrogen-bond donors (Lipinski definition) is 0. The molecule has 10 nitrogen and oxygen atoms in total. The van der Waals surface area contributed by atoms with Gasteiger partial charge in [-0.3, -0.25) is 4.79 Å². The van der Waals surface area contributed by atoms with Crippen molar-refractivity contribution in [2.24, 2.45) is 0 Å². The molecule has 14 radical (unpaired) electrons. The van der Waals surface area contributed by atoms with Crippen LogP contribution in [0.2, 0.25) is 0 Å². The predicted octanol–water partition coefficient (Wildman–Crippen LogP) is -0.328. The third-order valence-corrected chi connectivity index (χ3v) is 9.56. The first-order chi connectivity index (χ1) is 23.4. The predicted molar refractivity (Wildman–Crippen MR) is 219 cm³/mol. The minimum atomic E-state index is -0.723. The highest BCUT2D eigenvalue weighted by Crippen LogP contribution is 2.37. The zero-order valence-corrected chi connectivity index (χ0v) is 30.7. The zero-order valence-electron chi connectivity index (χ0n) is 29.1. The molecule has 0 atom stereocenters. The summed E-state index contributed by atoms with van der Waals surface area (Å²) in [6, 6.07) is 3.69. The van der Waals surface area contributed by atoms with Crippen LogP contribution < -0.4 is 9.80 Å². The largest absolute Gasteiger partial charge is 0.465 e. The molecule has 4 aromatic heterocycles. The van der Waals surface area contributed by atoms with Crippen LogP contribution in [0, 0.1) is 0 Å². The number of ketones is 1. The van der Waals surface area contributed by atoms with E-state index in [1.54, 1.807) is 12.4 Å². The number of carbonyl (C=O) groups is 4. The Labute approximate surface area is 312 Å². The summed E-state index contributed by atoms with van der Waals surface area (Å²) in [5.74, 6) is -1.09. The summed E-state index contributed by atoms with van der Waals surface area (Å²) >= 11 is 2.44. The van der Waals surface area contributed by atoms with Crippen molar-refractivity contribution in [2.75, 3.05) is 52.2 Å². The number of aromatic nitrogens is 2. The number of rotatable bonds is 11. The molecule has 0 bridgehead atoms. The van der Waals surface area contributed by atoms with Crippen molar-refractivity contribution < 1.29 is 28.7 Å². The van der Waals surface area contributed by atoms with Crippen molar-refractivity contribution in [1.82, 2.24) is 9.97 Å². The normalized spacial score (nSPS) is 10.1. The van der Waals surface area contributed by atoms with Crippen molar-refractivity contribution in [3.8, 4) is 0 Å². The number of carbonyl (C=O) groups excluding carboxylic acids is 4. The fourth-order valence-electron chi connectivity index (χ4n) is 4.95. The molecule has 4 rings (SSSR count). The molecule has 4 heterocycles. The van der Waals surface area contributed by atoms with Crippen LogP contribution in [0.4, 0.5) is 11.4 Å². The number of thiophene rings is 2. The van der Waals surface area contributed by atoms with Crippen molar-refractivity contribution in [1.29, 1.82) is 0 Å². The first-order valence-electron chi connectivity index (χ1n) is 15.0. The summed E-state index contributed by atoms with van der Waals surface area (Å²) in [6.07, 6.45) is 1.11. The second-order valence-corrected chi connectivity index (χ2v) is 13.3. The number of pyridine rings is 2. The Morgan fingerprint density at radius 3 is 1.58 bits per heavy atom. The van der Waals surface area contributed by atoms with Gasteiger partial charge < -0.3 is 24.1 Å². The lowest BCUT2D eigenvalue weighted by molar-refractivity contribution is -0.107. The van der Waals surface area contributed by atoms with Gasteiger partial charge in [0.1, 0.15) is 25.7 Å². The van der Waals surface area contributed by atoms with Crippen LogP contribution in [0.25, 0.3) is 20.4 Å². The first-order valence-corrected chi connectivity index (χ1v) is 16.6. The monoisotopic (exact) mass is 688 g/mol. The summed E-state index contributed by atoms with van der Waals surface area (Å²) in [6.45, 7) is 1.44. The van der Waals surface area contributed by atoms with Crippen molar-refractivity contribution in [3.05, 3.63) is 45.4 Å². The van der Waals surface area contributed by atoms with Gasteiger partial charge in [0.15, 0.2) is 5.78 Å². The molecule has 0 saturated carbocycles. The molecule has 4 aromatic rings. The van der Waals surface area contributed by atoms with Gasteiger partial charge in [0.2, 0.25) is 0 Å². The van der Waals surface area contributed by atoms with E-state index in [4.69, 9.17) is 63.6 Å². The van der Waals surface area contributed by atoms with Crippen LogP contribution in [0.3, 0.4) is 0 Å². The highest BCUT2D eigenvalue weighted by atomic mass is 32.1. The Morgan fingerprint density at radius 1 is 0.760 bits per heavy atom. The standard InChI is InChI=1S/2C13H14N2O3S.B12/c1-7(16)9-10-8(15(2)3)5-6-14-12(10)19-11(9)13(17)18-4;1-15(2)9-4-6-14-12-10(9)8(5-7-16)11(19-12)13(17)18-3;1-8(2)11(7)12(9(3)4)10(5)6/h5-6H,1-4H3;4,6-7H,5H2,1-3H3;. The van der Waals surface area contributed by atoms with E-state index in [2.05, 4.69) is 9.97 Å². The molecule has 0 aromatic carbocycles. The third-order valence-electron chi connectivity index (χ3n) is 7.36. The molecule has 24 heteroatoms. The molecule has 0 saturated heterocycles. The Kier molecular flexibility index (Phi) is 16.8. The number of aldehydes is 1. The molecule has 50 heavy (non-hydrogen) atoms. The van der Waals surface area contributed by atoms with Gasteiger partial charge in [0, 0.05) is 155 Å². The zero-order chi connectivity index (χ0) is 38.0. The molecule has 0 aliphatic heterocycles. The van der Waals surface area contributed by atoms with Gasteiger partial charge in [-0.2, -0.15) is 0 Å². The van der Waals surface area contributed by atoms with E-state index in [0.29, 0.717) is 31.1 Å². The molecular weight excluding hydrogens is 658 g/mol. The SMILES string of the molecule is COC(=O)c1sc2nccc(N(C)C)c2c1C(C)=O.COC(=O)c1sc2nccc(N(C)C)c2c1CC=O.[B]B([B])B([B])B(B([B])[B])B([B])[B]. The van der Waals surface area contributed by atoms with Gasteiger partial charge in [0.25, 0.3) is 0 Å². The maximum absolute atomic E-state index is 11.9. The molecule has 0 fully saturated rings. The second-order valence-electron chi connectivity index (χ2n) is 11.3. The molecule has 0 N–H and O–H groups in total. The van der Waals surface area contributed by atoms with Crippen LogP contribution in [0.1, 0.15) is 42.2 Å². The fourth-order valence-corrected chi connectivity index (χ4v) is 7.19. The number of nitrogens with zero attached hydrogens (tertiary/aromatic N) is 4. The number of ether oxygens (including phenoxy) is 2.